The van der Waals surface area contributed by atoms with E-state index in [9.17, 15) is 0 Å². The van der Waals surface area contributed by atoms with Crippen molar-refractivity contribution >= 4 is 0 Å². The Hall–Kier alpha value is -1.10. The summed E-state index contributed by atoms with van der Waals surface area (Å²) in [6.07, 6.45) is -0.275. The minimum Gasteiger partial charge on any atom is -0.494 e. The molecule has 4 heteroatoms. The molecule has 0 spiro atoms. The summed E-state index contributed by atoms with van der Waals surface area (Å²) in [7, 11) is 0. The molecular formula is C16H27NO3. The average Bonchev–Trinajstić information content (AvgIpc) is 2.46. The minimum atomic E-state index is -0.275. The van der Waals surface area contributed by atoms with Gasteiger partial charge in [-0.2, -0.15) is 0 Å². The lowest BCUT2D eigenvalue weighted by Gasteiger charge is -2.27. The molecule has 1 atom stereocenters. The summed E-state index contributed by atoms with van der Waals surface area (Å²) in [5, 5.41) is 3.43. The third-order valence-corrected chi connectivity index (χ3v) is 2.91. The Morgan fingerprint density at radius 3 is 1.95 bits per heavy atom. The van der Waals surface area contributed by atoms with E-state index in [1.54, 1.807) is 0 Å². The number of nitrogens with one attached hydrogen (secondary N) is 1. The van der Waals surface area contributed by atoms with Gasteiger partial charge in [-0.05, 0) is 45.0 Å². The second-order valence-electron chi connectivity index (χ2n) is 4.32. The van der Waals surface area contributed by atoms with E-state index in [1.807, 2.05) is 32.9 Å². The molecule has 0 saturated heterocycles. The second-order valence-corrected chi connectivity index (χ2v) is 4.32. The lowest BCUT2D eigenvalue weighted by atomic mass is 10.1. The number of rotatable bonds is 10. The van der Waals surface area contributed by atoms with Gasteiger partial charge in [-0.1, -0.05) is 19.1 Å². The van der Waals surface area contributed by atoms with Crippen LogP contribution < -0.4 is 10.1 Å². The first kappa shape index (κ1) is 17.0. The Kier molecular flexibility index (Phi) is 8.26. The number of hydrogen-bond acceptors (Lipinski definition) is 4. The highest BCUT2D eigenvalue weighted by Crippen LogP contribution is 2.23. The van der Waals surface area contributed by atoms with Crippen LogP contribution in [0.5, 0.6) is 5.75 Å². The molecule has 0 heterocycles. The maximum atomic E-state index is 5.71. The van der Waals surface area contributed by atoms with Crippen LogP contribution >= 0.6 is 0 Å². The second kappa shape index (κ2) is 9.75. The van der Waals surface area contributed by atoms with E-state index in [0.29, 0.717) is 19.8 Å². The molecule has 0 amide bonds. The minimum absolute atomic E-state index is 0.0237. The Bertz CT molecular complexity index is 347. The van der Waals surface area contributed by atoms with Crippen LogP contribution in [0.25, 0.3) is 0 Å². The van der Waals surface area contributed by atoms with Crippen LogP contribution in [0.1, 0.15) is 39.3 Å². The van der Waals surface area contributed by atoms with Crippen molar-refractivity contribution in [3.63, 3.8) is 0 Å². The predicted octanol–water partition coefficient (Wildman–Crippen LogP) is 3.14. The average molecular weight is 281 g/mol. The quantitative estimate of drug-likeness (QED) is 0.669. The van der Waals surface area contributed by atoms with Gasteiger partial charge in [-0.3, -0.25) is 0 Å². The van der Waals surface area contributed by atoms with Gasteiger partial charge in [0.15, 0.2) is 6.29 Å². The molecule has 0 aliphatic rings. The molecule has 0 saturated carbocycles. The van der Waals surface area contributed by atoms with Crippen molar-refractivity contribution in [1.29, 1.82) is 0 Å². The van der Waals surface area contributed by atoms with Gasteiger partial charge in [-0.25, -0.2) is 0 Å². The number of hydrogen-bond donors (Lipinski definition) is 1. The summed E-state index contributed by atoms with van der Waals surface area (Å²) in [5.41, 5.74) is 1.14. The molecule has 20 heavy (non-hydrogen) atoms. The van der Waals surface area contributed by atoms with Gasteiger partial charge in [0.05, 0.1) is 12.6 Å². The van der Waals surface area contributed by atoms with E-state index in [-0.39, 0.29) is 12.3 Å². The standard InChI is InChI=1S/C16H27NO3/c1-5-17-15(16(19-7-3)20-8-4)13-9-11-14(12-10-13)18-6-2/h9-12,15-17H,5-8H2,1-4H3. The van der Waals surface area contributed by atoms with Crippen molar-refractivity contribution in [3.05, 3.63) is 29.8 Å². The predicted molar refractivity (Wildman–Crippen MR) is 81.1 cm³/mol. The first-order valence-corrected chi connectivity index (χ1v) is 7.46. The van der Waals surface area contributed by atoms with Crippen molar-refractivity contribution in [2.45, 2.75) is 40.0 Å². The first-order chi connectivity index (χ1) is 9.76. The Labute approximate surface area is 122 Å². The monoisotopic (exact) mass is 281 g/mol. The fourth-order valence-electron chi connectivity index (χ4n) is 2.10. The SMILES string of the molecule is CCNC(c1ccc(OCC)cc1)C(OCC)OCC. The van der Waals surface area contributed by atoms with E-state index in [0.717, 1.165) is 17.9 Å². The molecule has 1 N–H and O–H groups in total. The topological polar surface area (TPSA) is 39.7 Å². The van der Waals surface area contributed by atoms with E-state index in [4.69, 9.17) is 14.2 Å². The van der Waals surface area contributed by atoms with Gasteiger partial charge in [0.2, 0.25) is 0 Å². The molecule has 1 rings (SSSR count). The molecule has 0 fully saturated rings. The maximum absolute atomic E-state index is 5.71. The number of ether oxygens (including phenoxy) is 3. The lowest BCUT2D eigenvalue weighted by molar-refractivity contribution is -0.155. The molecule has 0 radical (unpaired) electrons. The highest BCUT2D eigenvalue weighted by Gasteiger charge is 2.23. The molecule has 114 valence electrons. The van der Waals surface area contributed by atoms with Crippen molar-refractivity contribution in [1.82, 2.24) is 5.32 Å². The van der Waals surface area contributed by atoms with Gasteiger partial charge >= 0.3 is 0 Å². The zero-order valence-electron chi connectivity index (χ0n) is 13.0. The summed E-state index contributed by atoms with van der Waals surface area (Å²) in [5.74, 6) is 0.885. The maximum Gasteiger partial charge on any atom is 0.176 e. The smallest absolute Gasteiger partial charge is 0.176 e. The van der Waals surface area contributed by atoms with E-state index < -0.39 is 0 Å². The normalized spacial score (nSPS) is 12.7. The van der Waals surface area contributed by atoms with Gasteiger partial charge in [0.25, 0.3) is 0 Å². The molecule has 1 aromatic rings. The van der Waals surface area contributed by atoms with Crippen molar-refractivity contribution < 1.29 is 14.2 Å². The lowest BCUT2D eigenvalue weighted by Crippen LogP contribution is -2.36. The van der Waals surface area contributed by atoms with E-state index in [2.05, 4.69) is 24.4 Å². The molecule has 4 nitrogen and oxygen atoms in total. The molecule has 1 aromatic carbocycles. The highest BCUT2D eigenvalue weighted by molar-refractivity contribution is 5.29. The summed E-state index contributed by atoms with van der Waals surface area (Å²) in [6.45, 7) is 10.8. The summed E-state index contributed by atoms with van der Waals surface area (Å²) in [6, 6.07) is 8.11. The van der Waals surface area contributed by atoms with Crippen molar-refractivity contribution in [2.75, 3.05) is 26.4 Å². The van der Waals surface area contributed by atoms with Gasteiger partial charge in [0, 0.05) is 13.2 Å². The van der Waals surface area contributed by atoms with Crippen LogP contribution in [-0.4, -0.2) is 32.7 Å². The van der Waals surface area contributed by atoms with Gasteiger partial charge < -0.3 is 19.5 Å². The Morgan fingerprint density at radius 2 is 1.50 bits per heavy atom. The first-order valence-electron chi connectivity index (χ1n) is 7.46. The summed E-state index contributed by atoms with van der Waals surface area (Å²) in [4.78, 5) is 0. The molecular weight excluding hydrogens is 254 g/mol. The summed E-state index contributed by atoms with van der Waals surface area (Å²) >= 11 is 0. The van der Waals surface area contributed by atoms with E-state index >= 15 is 0 Å². The van der Waals surface area contributed by atoms with Crippen LogP contribution in [0.2, 0.25) is 0 Å². The number of likely N-dealkylation sites (N-methyl/N-ethyl adjacent to an activating group) is 1. The number of benzene rings is 1. The third-order valence-electron chi connectivity index (χ3n) is 2.91. The zero-order valence-corrected chi connectivity index (χ0v) is 13.0. The van der Waals surface area contributed by atoms with Crippen LogP contribution in [-0.2, 0) is 9.47 Å². The largest absolute Gasteiger partial charge is 0.494 e. The van der Waals surface area contributed by atoms with Crippen LogP contribution in [0, 0.1) is 0 Å². The fraction of sp³-hybridized carbons (Fsp3) is 0.625. The molecule has 1 unspecified atom stereocenters. The van der Waals surface area contributed by atoms with Gasteiger partial charge in [-0.15, -0.1) is 0 Å². The van der Waals surface area contributed by atoms with E-state index in [1.165, 1.54) is 0 Å². The Balaban J connectivity index is 2.86. The third kappa shape index (κ3) is 5.12. The molecule has 0 aliphatic carbocycles. The van der Waals surface area contributed by atoms with Crippen LogP contribution in [0.3, 0.4) is 0 Å². The molecule has 0 aromatic heterocycles. The molecule has 0 bridgehead atoms. The summed E-state index contributed by atoms with van der Waals surface area (Å²) < 4.78 is 16.9. The van der Waals surface area contributed by atoms with Crippen LogP contribution in [0.4, 0.5) is 0 Å². The van der Waals surface area contributed by atoms with Crippen LogP contribution in [0.15, 0.2) is 24.3 Å². The Morgan fingerprint density at radius 1 is 0.900 bits per heavy atom. The highest BCUT2D eigenvalue weighted by atomic mass is 16.7. The van der Waals surface area contributed by atoms with Gasteiger partial charge in [0.1, 0.15) is 5.75 Å². The fourth-order valence-corrected chi connectivity index (χ4v) is 2.10. The zero-order chi connectivity index (χ0) is 14.8. The van der Waals surface area contributed by atoms with Crippen molar-refractivity contribution in [3.8, 4) is 5.75 Å². The van der Waals surface area contributed by atoms with Crippen molar-refractivity contribution in [2.24, 2.45) is 0 Å². The molecule has 0 aliphatic heterocycles.